The molecule has 1 aromatic rings. The number of nitrogens with zero attached hydrogens (tertiary/aromatic N) is 1. The Hall–Kier alpha value is -1.70. The van der Waals surface area contributed by atoms with Crippen molar-refractivity contribution in [3.8, 4) is 6.07 Å². The van der Waals surface area contributed by atoms with Crippen LogP contribution in [0.15, 0.2) is 36.0 Å². The molecule has 0 unspecified atom stereocenters. The number of benzene rings is 1. The van der Waals surface area contributed by atoms with Crippen LogP contribution in [0.25, 0.3) is 0 Å². The Morgan fingerprint density at radius 1 is 1.44 bits per heavy atom. The van der Waals surface area contributed by atoms with Gasteiger partial charge >= 0.3 is 0 Å². The Morgan fingerprint density at radius 2 is 2.17 bits per heavy atom. The number of nitriles is 1. The van der Waals surface area contributed by atoms with Crippen molar-refractivity contribution < 1.29 is 4.79 Å². The largest absolute Gasteiger partial charge is 0.359 e. The van der Waals surface area contributed by atoms with Gasteiger partial charge in [0.1, 0.15) is 11.6 Å². The number of para-hydroxylation sites is 1. The Labute approximate surface area is 115 Å². The normalized spacial score (nSPS) is 10.6. The summed E-state index contributed by atoms with van der Waals surface area (Å²) in [4.78, 5) is 11.5. The molecule has 0 aliphatic heterocycles. The van der Waals surface area contributed by atoms with E-state index in [1.165, 1.54) is 6.20 Å². The first-order chi connectivity index (χ1) is 8.69. The van der Waals surface area contributed by atoms with E-state index in [2.05, 4.69) is 10.6 Å². The van der Waals surface area contributed by atoms with Crippen molar-refractivity contribution in [3.63, 3.8) is 0 Å². The quantitative estimate of drug-likeness (QED) is 0.496. The van der Waals surface area contributed by atoms with Gasteiger partial charge in [-0.3, -0.25) is 4.79 Å². The molecule has 0 heterocycles. The van der Waals surface area contributed by atoms with E-state index in [0.29, 0.717) is 23.1 Å². The van der Waals surface area contributed by atoms with Crippen molar-refractivity contribution in [2.45, 2.75) is 0 Å². The molecule has 6 heteroatoms. The zero-order chi connectivity index (χ0) is 13.4. The molecule has 0 aliphatic carbocycles. The number of carbonyl (C=O) groups is 1. The predicted octanol–water partition coefficient (Wildman–Crippen LogP) is 2.51. The summed E-state index contributed by atoms with van der Waals surface area (Å²) in [5, 5.41) is 14.7. The lowest BCUT2D eigenvalue weighted by molar-refractivity contribution is -0.117. The number of amides is 1. The second-order valence-corrected chi connectivity index (χ2v) is 4.02. The minimum absolute atomic E-state index is 0.0416. The van der Waals surface area contributed by atoms with E-state index in [9.17, 15) is 4.79 Å². The highest BCUT2D eigenvalue weighted by atomic mass is 35.5. The number of carbonyl (C=O) groups excluding carboxylic acids is 1. The van der Waals surface area contributed by atoms with Crippen molar-refractivity contribution in [3.05, 3.63) is 41.1 Å². The van der Waals surface area contributed by atoms with Crippen LogP contribution in [0.1, 0.15) is 0 Å². The molecule has 0 spiro atoms. The van der Waals surface area contributed by atoms with E-state index < -0.39 is 5.91 Å². The third-order valence-corrected chi connectivity index (χ3v) is 2.51. The molecular weight excluding hydrogens is 273 g/mol. The lowest BCUT2D eigenvalue weighted by Crippen LogP contribution is -2.26. The summed E-state index contributed by atoms with van der Waals surface area (Å²) in [6.07, 6.45) is 1.31. The SMILES string of the molecule is N#C/C(=C/Nc1ccccc1Cl)C(=O)NCCCl. The van der Waals surface area contributed by atoms with Crippen molar-refractivity contribution >= 4 is 34.8 Å². The number of anilines is 1. The van der Waals surface area contributed by atoms with Gasteiger partial charge in [-0.1, -0.05) is 23.7 Å². The molecule has 0 saturated carbocycles. The molecule has 0 radical (unpaired) electrons. The maximum atomic E-state index is 11.5. The van der Waals surface area contributed by atoms with Gasteiger partial charge in [0.2, 0.25) is 0 Å². The summed E-state index contributed by atoms with van der Waals surface area (Å²) >= 11 is 11.4. The minimum atomic E-state index is -0.474. The van der Waals surface area contributed by atoms with E-state index in [0.717, 1.165) is 0 Å². The standard InChI is InChI=1S/C12H11Cl2N3O/c13-5-6-16-12(18)9(7-15)8-17-11-4-2-1-3-10(11)14/h1-4,8,17H,5-6H2,(H,16,18)/b9-8-. The van der Waals surface area contributed by atoms with Crippen molar-refractivity contribution in [2.24, 2.45) is 0 Å². The maximum absolute atomic E-state index is 11.5. The third kappa shape index (κ3) is 4.28. The Balaban J connectivity index is 2.72. The van der Waals surface area contributed by atoms with Gasteiger partial charge in [-0.25, -0.2) is 0 Å². The van der Waals surface area contributed by atoms with Crippen molar-refractivity contribution in [1.82, 2.24) is 5.32 Å². The molecular formula is C12H11Cl2N3O. The first-order valence-electron chi connectivity index (χ1n) is 5.14. The summed E-state index contributed by atoms with van der Waals surface area (Å²) in [6.45, 7) is 0.311. The van der Waals surface area contributed by atoms with Crippen molar-refractivity contribution in [1.29, 1.82) is 5.26 Å². The molecule has 0 saturated heterocycles. The fourth-order valence-corrected chi connectivity index (χ4v) is 1.42. The fourth-order valence-electron chi connectivity index (χ4n) is 1.13. The van der Waals surface area contributed by atoms with Crippen LogP contribution in [0.3, 0.4) is 0 Å². The van der Waals surface area contributed by atoms with Gasteiger partial charge in [0.05, 0.1) is 10.7 Å². The lowest BCUT2D eigenvalue weighted by atomic mass is 10.3. The van der Waals surface area contributed by atoms with Gasteiger partial charge in [-0.2, -0.15) is 5.26 Å². The van der Waals surface area contributed by atoms with Gasteiger partial charge in [0.25, 0.3) is 5.91 Å². The highest BCUT2D eigenvalue weighted by Crippen LogP contribution is 2.20. The van der Waals surface area contributed by atoms with Crippen LogP contribution in [0.5, 0.6) is 0 Å². The molecule has 1 aromatic carbocycles. The van der Waals surface area contributed by atoms with E-state index >= 15 is 0 Å². The predicted molar refractivity (Wildman–Crippen MR) is 72.5 cm³/mol. The maximum Gasteiger partial charge on any atom is 0.263 e. The Morgan fingerprint density at radius 3 is 2.78 bits per heavy atom. The van der Waals surface area contributed by atoms with Crippen molar-refractivity contribution in [2.75, 3.05) is 17.7 Å². The number of rotatable bonds is 5. The second-order valence-electron chi connectivity index (χ2n) is 3.24. The molecule has 0 aliphatic rings. The molecule has 0 bridgehead atoms. The number of nitrogens with one attached hydrogen (secondary N) is 2. The third-order valence-electron chi connectivity index (χ3n) is 1.99. The fraction of sp³-hybridized carbons (Fsp3) is 0.167. The molecule has 0 fully saturated rings. The van der Waals surface area contributed by atoms with E-state index in [-0.39, 0.29) is 5.57 Å². The van der Waals surface area contributed by atoms with E-state index in [1.807, 2.05) is 0 Å². The summed E-state index contributed by atoms with van der Waals surface area (Å²) < 4.78 is 0. The van der Waals surface area contributed by atoms with Crippen LogP contribution in [0.2, 0.25) is 5.02 Å². The number of alkyl halides is 1. The lowest BCUT2D eigenvalue weighted by Gasteiger charge is -2.04. The molecule has 1 amide bonds. The van der Waals surface area contributed by atoms with Crippen LogP contribution < -0.4 is 10.6 Å². The Kier molecular flexibility index (Phi) is 6.06. The average Bonchev–Trinajstić information content (AvgIpc) is 2.39. The van der Waals surface area contributed by atoms with Gasteiger partial charge in [-0.05, 0) is 12.1 Å². The topological polar surface area (TPSA) is 64.9 Å². The highest BCUT2D eigenvalue weighted by Gasteiger charge is 2.07. The van der Waals surface area contributed by atoms with Crippen LogP contribution >= 0.6 is 23.2 Å². The van der Waals surface area contributed by atoms with E-state index in [1.54, 1.807) is 30.3 Å². The molecule has 1 rings (SSSR count). The Bertz CT molecular complexity index is 494. The zero-order valence-electron chi connectivity index (χ0n) is 9.41. The summed E-state index contributed by atoms with van der Waals surface area (Å²) in [5.41, 5.74) is 0.581. The van der Waals surface area contributed by atoms with Crippen LogP contribution in [0, 0.1) is 11.3 Å². The van der Waals surface area contributed by atoms with Gasteiger partial charge in [0, 0.05) is 18.6 Å². The summed E-state index contributed by atoms with van der Waals surface area (Å²) in [5.74, 6) is -0.180. The molecule has 18 heavy (non-hydrogen) atoms. The summed E-state index contributed by atoms with van der Waals surface area (Å²) in [6, 6.07) is 8.83. The monoisotopic (exact) mass is 283 g/mol. The van der Waals surface area contributed by atoms with Gasteiger partial charge < -0.3 is 10.6 Å². The number of halogens is 2. The highest BCUT2D eigenvalue weighted by molar-refractivity contribution is 6.33. The van der Waals surface area contributed by atoms with Crippen LogP contribution in [-0.4, -0.2) is 18.3 Å². The van der Waals surface area contributed by atoms with Gasteiger partial charge in [-0.15, -0.1) is 11.6 Å². The second kappa shape index (κ2) is 7.59. The smallest absolute Gasteiger partial charge is 0.263 e. The van der Waals surface area contributed by atoms with Crippen LogP contribution in [-0.2, 0) is 4.79 Å². The first-order valence-corrected chi connectivity index (χ1v) is 6.05. The zero-order valence-corrected chi connectivity index (χ0v) is 10.9. The van der Waals surface area contributed by atoms with E-state index in [4.69, 9.17) is 28.5 Å². The molecule has 4 nitrogen and oxygen atoms in total. The summed E-state index contributed by atoms with van der Waals surface area (Å²) in [7, 11) is 0. The first kappa shape index (κ1) is 14.4. The molecule has 94 valence electrons. The average molecular weight is 284 g/mol. The molecule has 0 aromatic heterocycles. The van der Waals surface area contributed by atoms with Gasteiger partial charge in [0.15, 0.2) is 0 Å². The minimum Gasteiger partial charge on any atom is -0.359 e. The number of hydrogen-bond donors (Lipinski definition) is 2. The van der Waals surface area contributed by atoms with Crippen LogP contribution in [0.4, 0.5) is 5.69 Å². The molecule has 0 atom stereocenters. The number of hydrogen-bond acceptors (Lipinski definition) is 3. The molecule has 2 N–H and O–H groups in total.